The van der Waals surface area contributed by atoms with E-state index in [1.807, 2.05) is 17.9 Å². The molecule has 0 radical (unpaired) electrons. The van der Waals surface area contributed by atoms with Gasteiger partial charge in [-0.3, -0.25) is 0 Å². The Labute approximate surface area is 119 Å². The summed E-state index contributed by atoms with van der Waals surface area (Å²) in [4.78, 5) is 4.70. The van der Waals surface area contributed by atoms with Crippen LogP contribution in [0.25, 0.3) is 5.69 Å². The first kappa shape index (κ1) is 13.0. The second-order valence-electron chi connectivity index (χ2n) is 5.21. The molecule has 1 aromatic heterocycles. The Morgan fingerprint density at radius 2 is 1.70 bits per heavy atom. The maximum absolute atomic E-state index is 4.69. The number of anilines is 2. The number of likely N-dealkylation sites (N-methyl/N-ethyl adjacent to an activating group) is 1. The van der Waals surface area contributed by atoms with Crippen molar-refractivity contribution >= 4 is 11.5 Å². The standard InChI is InChI=1S/C15H21N5/c1-16-13-3-5-14(6-4-13)20-8-7-15(17-20)19-11-9-18(2)10-12-19/h3-8,16H,9-12H2,1-2H3. The van der Waals surface area contributed by atoms with Crippen LogP contribution in [0.1, 0.15) is 0 Å². The first-order valence-corrected chi connectivity index (χ1v) is 7.03. The van der Waals surface area contributed by atoms with E-state index < -0.39 is 0 Å². The zero-order valence-corrected chi connectivity index (χ0v) is 12.1. The minimum Gasteiger partial charge on any atom is -0.388 e. The average molecular weight is 271 g/mol. The van der Waals surface area contributed by atoms with Crippen molar-refractivity contribution in [3.8, 4) is 5.69 Å². The van der Waals surface area contributed by atoms with E-state index in [9.17, 15) is 0 Å². The first-order chi connectivity index (χ1) is 9.76. The van der Waals surface area contributed by atoms with Crippen molar-refractivity contribution in [2.45, 2.75) is 0 Å². The van der Waals surface area contributed by atoms with E-state index in [1.165, 1.54) is 0 Å². The number of nitrogens with one attached hydrogen (secondary N) is 1. The third-order valence-corrected chi connectivity index (χ3v) is 3.82. The summed E-state index contributed by atoms with van der Waals surface area (Å²) in [7, 11) is 4.09. The third-order valence-electron chi connectivity index (χ3n) is 3.82. The lowest BCUT2D eigenvalue weighted by Gasteiger charge is -2.32. The van der Waals surface area contributed by atoms with Gasteiger partial charge in [-0.2, -0.15) is 5.10 Å². The molecule has 1 N–H and O–H groups in total. The predicted molar refractivity (Wildman–Crippen MR) is 82.8 cm³/mol. The van der Waals surface area contributed by atoms with Crippen LogP contribution in [-0.4, -0.2) is 55.0 Å². The quantitative estimate of drug-likeness (QED) is 0.921. The molecule has 0 bridgehead atoms. The molecule has 0 saturated carbocycles. The Morgan fingerprint density at radius 3 is 2.35 bits per heavy atom. The Morgan fingerprint density at radius 1 is 1.00 bits per heavy atom. The summed E-state index contributed by atoms with van der Waals surface area (Å²) in [5.41, 5.74) is 2.20. The second-order valence-corrected chi connectivity index (χ2v) is 5.21. The van der Waals surface area contributed by atoms with Crippen LogP contribution < -0.4 is 10.2 Å². The molecule has 1 aliphatic rings. The zero-order chi connectivity index (χ0) is 13.9. The zero-order valence-electron chi connectivity index (χ0n) is 12.1. The van der Waals surface area contributed by atoms with Gasteiger partial charge in [0.1, 0.15) is 0 Å². The molecule has 106 valence electrons. The molecule has 20 heavy (non-hydrogen) atoms. The Balaban J connectivity index is 1.75. The Kier molecular flexibility index (Phi) is 3.60. The van der Waals surface area contributed by atoms with Crippen LogP contribution >= 0.6 is 0 Å². The number of nitrogens with zero attached hydrogens (tertiary/aromatic N) is 4. The summed E-state index contributed by atoms with van der Waals surface area (Å²) < 4.78 is 1.94. The molecule has 5 heteroatoms. The maximum atomic E-state index is 4.69. The Hall–Kier alpha value is -2.01. The number of piperazine rings is 1. The fourth-order valence-electron chi connectivity index (χ4n) is 2.44. The van der Waals surface area contributed by atoms with Gasteiger partial charge in [-0.05, 0) is 31.3 Å². The SMILES string of the molecule is CNc1ccc(-n2ccc(N3CCN(C)CC3)n2)cc1. The predicted octanol–water partition coefficient (Wildman–Crippen LogP) is 1.67. The van der Waals surface area contributed by atoms with Gasteiger partial charge in [0.05, 0.1) is 5.69 Å². The summed E-state index contributed by atoms with van der Waals surface area (Å²) >= 11 is 0. The molecule has 0 spiro atoms. The molecule has 2 heterocycles. The topological polar surface area (TPSA) is 36.3 Å². The van der Waals surface area contributed by atoms with E-state index in [0.717, 1.165) is 43.4 Å². The van der Waals surface area contributed by atoms with Crippen molar-refractivity contribution in [1.29, 1.82) is 0 Å². The van der Waals surface area contributed by atoms with Crippen LogP contribution in [0.5, 0.6) is 0 Å². The van der Waals surface area contributed by atoms with Crippen molar-refractivity contribution < 1.29 is 0 Å². The third kappa shape index (κ3) is 2.63. The van der Waals surface area contributed by atoms with E-state index in [1.54, 1.807) is 0 Å². The van der Waals surface area contributed by atoms with Crippen LogP contribution in [0.3, 0.4) is 0 Å². The Bertz CT molecular complexity index is 552. The van der Waals surface area contributed by atoms with Gasteiger partial charge in [0.25, 0.3) is 0 Å². The van der Waals surface area contributed by atoms with E-state index in [0.29, 0.717) is 0 Å². The summed E-state index contributed by atoms with van der Waals surface area (Å²) in [6.45, 7) is 4.30. The van der Waals surface area contributed by atoms with Gasteiger partial charge in [-0.15, -0.1) is 0 Å². The molecule has 5 nitrogen and oxygen atoms in total. The number of rotatable bonds is 3. The fraction of sp³-hybridized carbons (Fsp3) is 0.400. The lowest BCUT2D eigenvalue weighted by atomic mass is 10.3. The monoisotopic (exact) mass is 271 g/mol. The highest BCUT2D eigenvalue weighted by molar-refractivity contribution is 5.49. The van der Waals surface area contributed by atoms with Crippen molar-refractivity contribution in [2.75, 3.05) is 50.5 Å². The van der Waals surface area contributed by atoms with Crippen molar-refractivity contribution in [1.82, 2.24) is 14.7 Å². The van der Waals surface area contributed by atoms with Gasteiger partial charge >= 0.3 is 0 Å². The summed E-state index contributed by atoms with van der Waals surface area (Å²) in [6, 6.07) is 10.4. The molecule has 1 aromatic carbocycles. The highest BCUT2D eigenvalue weighted by Crippen LogP contribution is 2.17. The molecular weight excluding hydrogens is 250 g/mol. The average Bonchev–Trinajstić information content (AvgIpc) is 2.98. The van der Waals surface area contributed by atoms with Crippen LogP contribution in [0, 0.1) is 0 Å². The summed E-state index contributed by atoms with van der Waals surface area (Å²) in [5, 5.41) is 7.81. The number of benzene rings is 1. The van der Waals surface area contributed by atoms with Crippen LogP contribution in [0.15, 0.2) is 36.5 Å². The molecule has 2 aromatic rings. The van der Waals surface area contributed by atoms with Crippen LogP contribution in [-0.2, 0) is 0 Å². The lowest BCUT2D eigenvalue weighted by molar-refractivity contribution is 0.312. The minimum absolute atomic E-state index is 1.05. The van der Waals surface area contributed by atoms with Gasteiger partial charge in [-0.1, -0.05) is 0 Å². The molecule has 1 aliphatic heterocycles. The molecule has 0 amide bonds. The van der Waals surface area contributed by atoms with Gasteiger partial charge in [0, 0.05) is 51.2 Å². The van der Waals surface area contributed by atoms with Crippen molar-refractivity contribution in [2.24, 2.45) is 0 Å². The fourth-order valence-corrected chi connectivity index (χ4v) is 2.44. The molecule has 0 atom stereocenters. The second kappa shape index (κ2) is 5.54. The van der Waals surface area contributed by atoms with E-state index in [4.69, 9.17) is 0 Å². The number of hydrogen-bond acceptors (Lipinski definition) is 4. The lowest BCUT2D eigenvalue weighted by Crippen LogP contribution is -2.44. The van der Waals surface area contributed by atoms with Crippen molar-refractivity contribution in [3.63, 3.8) is 0 Å². The number of hydrogen-bond donors (Lipinski definition) is 1. The van der Waals surface area contributed by atoms with Gasteiger partial charge in [0.2, 0.25) is 0 Å². The smallest absolute Gasteiger partial charge is 0.151 e. The molecule has 0 unspecified atom stereocenters. The molecule has 1 saturated heterocycles. The number of aromatic nitrogens is 2. The maximum Gasteiger partial charge on any atom is 0.151 e. The van der Waals surface area contributed by atoms with Gasteiger partial charge < -0.3 is 15.1 Å². The summed E-state index contributed by atoms with van der Waals surface area (Å²) in [6.07, 6.45) is 2.03. The molecule has 1 fully saturated rings. The van der Waals surface area contributed by atoms with E-state index in [2.05, 4.69) is 57.6 Å². The van der Waals surface area contributed by atoms with Crippen molar-refractivity contribution in [3.05, 3.63) is 36.5 Å². The van der Waals surface area contributed by atoms with Crippen LogP contribution in [0.4, 0.5) is 11.5 Å². The largest absolute Gasteiger partial charge is 0.388 e. The van der Waals surface area contributed by atoms with Gasteiger partial charge in [0.15, 0.2) is 5.82 Å². The highest BCUT2D eigenvalue weighted by atomic mass is 15.4. The first-order valence-electron chi connectivity index (χ1n) is 7.03. The van der Waals surface area contributed by atoms with Gasteiger partial charge in [-0.25, -0.2) is 4.68 Å². The molecular formula is C15H21N5. The van der Waals surface area contributed by atoms with E-state index in [-0.39, 0.29) is 0 Å². The highest BCUT2D eigenvalue weighted by Gasteiger charge is 2.16. The van der Waals surface area contributed by atoms with E-state index >= 15 is 0 Å². The van der Waals surface area contributed by atoms with Crippen LogP contribution in [0.2, 0.25) is 0 Å². The molecule has 0 aliphatic carbocycles. The molecule has 3 rings (SSSR count). The summed E-state index contributed by atoms with van der Waals surface area (Å²) in [5.74, 6) is 1.07. The minimum atomic E-state index is 1.05. The normalized spacial score (nSPS) is 16.4.